The van der Waals surface area contributed by atoms with Crippen molar-refractivity contribution in [2.24, 2.45) is 0 Å². The second-order valence-electron chi connectivity index (χ2n) is 9.07. The Morgan fingerprint density at radius 2 is 1.41 bits per heavy atom. The SMILES string of the molecule is Cc1cc(NS(C)(=O)=O)ccc1-c1nc(NCC(c2ccccc2)c2ccccc2)c2ccccc2n1. The minimum absolute atomic E-state index is 0.141. The van der Waals surface area contributed by atoms with Crippen LogP contribution in [-0.4, -0.2) is 31.2 Å². The highest BCUT2D eigenvalue weighted by Crippen LogP contribution is 2.30. The summed E-state index contributed by atoms with van der Waals surface area (Å²) in [6.45, 7) is 2.58. The van der Waals surface area contributed by atoms with E-state index in [0.717, 1.165) is 34.1 Å². The molecule has 0 atom stereocenters. The van der Waals surface area contributed by atoms with Crippen LogP contribution in [0.2, 0.25) is 0 Å². The van der Waals surface area contributed by atoms with E-state index >= 15 is 0 Å². The molecule has 5 rings (SSSR count). The third-order valence-electron chi connectivity index (χ3n) is 6.25. The number of nitrogens with one attached hydrogen (secondary N) is 2. The summed E-state index contributed by atoms with van der Waals surface area (Å²) in [6.07, 6.45) is 1.14. The standard InChI is InChI=1S/C30H28N4O2S/c1-21-19-24(34-37(2,35)36)17-18-25(21)30-32-28-16-10-9-15-26(28)29(33-30)31-20-27(22-11-5-3-6-12-22)23-13-7-4-8-14-23/h3-19,27,34H,20H2,1-2H3,(H,31,32,33). The third-order valence-corrected chi connectivity index (χ3v) is 6.86. The Balaban J connectivity index is 1.52. The number of fused-ring (bicyclic) bond motifs is 1. The maximum Gasteiger partial charge on any atom is 0.229 e. The van der Waals surface area contributed by atoms with Crippen molar-refractivity contribution in [3.8, 4) is 11.4 Å². The van der Waals surface area contributed by atoms with Gasteiger partial charge in [-0.3, -0.25) is 4.72 Å². The fourth-order valence-electron chi connectivity index (χ4n) is 4.52. The van der Waals surface area contributed by atoms with Crippen molar-refractivity contribution in [3.63, 3.8) is 0 Å². The van der Waals surface area contributed by atoms with E-state index in [1.54, 1.807) is 12.1 Å². The number of hydrogen-bond donors (Lipinski definition) is 2. The van der Waals surface area contributed by atoms with E-state index in [9.17, 15) is 8.42 Å². The summed E-state index contributed by atoms with van der Waals surface area (Å²) in [5.41, 5.74) is 5.52. The molecule has 0 aliphatic heterocycles. The molecule has 6 nitrogen and oxygen atoms in total. The highest BCUT2D eigenvalue weighted by Gasteiger charge is 2.17. The number of rotatable bonds is 8. The molecule has 0 fully saturated rings. The van der Waals surface area contributed by atoms with E-state index in [4.69, 9.17) is 9.97 Å². The van der Waals surface area contributed by atoms with Crippen LogP contribution in [0.3, 0.4) is 0 Å². The molecule has 0 saturated heterocycles. The molecule has 186 valence electrons. The zero-order valence-corrected chi connectivity index (χ0v) is 21.5. The Kier molecular flexibility index (Phi) is 6.88. The third kappa shape index (κ3) is 5.78. The second kappa shape index (κ2) is 10.4. The lowest BCUT2D eigenvalue weighted by molar-refractivity contribution is 0.607. The average molecular weight is 509 g/mol. The lowest BCUT2D eigenvalue weighted by atomic mass is 9.91. The van der Waals surface area contributed by atoms with E-state index in [0.29, 0.717) is 18.1 Å². The molecule has 7 heteroatoms. The fourth-order valence-corrected chi connectivity index (χ4v) is 5.08. The van der Waals surface area contributed by atoms with Gasteiger partial charge in [0.1, 0.15) is 5.82 Å². The van der Waals surface area contributed by atoms with Gasteiger partial charge < -0.3 is 5.32 Å². The van der Waals surface area contributed by atoms with Gasteiger partial charge in [0.25, 0.3) is 0 Å². The summed E-state index contributed by atoms with van der Waals surface area (Å²) in [6, 6.07) is 34.3. The molecule has 0 aliphatic carbocycles. The highest BCUT2D eigenvalue weighted by molar-refractivity contribution is 7.92. The van der Waals surface area contributed by atoms with Crippen LogP contribution >= 0.6 is 0 Å². The minimum atomic E-state index is -3.36. The summed E-state index contributed by atoms with van der Waals surface area (Å²) in [5.74, 6) is 1.48. The van der Waals surface area contributed by atoms with Crippen LogP contribution in [0.25, 0.3) is 22.3 Å². The van der Waals surface area contributed by atoms with Crippen LogP contribution in [-0.2, 0) is 10.0 Å². The number of benzene rings is 4. The van der Waals surface area contributed by atoms with Gasteiger partial charge in [-0.05, 0) is 53.9 Å². The van der Waals surface area contributed by atoms with Crippen LogP contribution < -0.4 is 10.0 Å². The molecule has 37 heavy (non-hydrogen) atoms. The zero-order chi connectivity index (χ0) is 25.8. The summed E-state index contributed by atoms with van der Waals surface area (Å²) >= 11 is 0. The predicted octanol–water partition coefficient (Wildman–Crippen LogP) is 6.22. The smallest absolute Gasteiger partial charge is 0.229 e. The molecule has 0 amide bonds. The average Bonchev–Trinajstić information content (AvgIpc) is 2.89. The maximum absolute atomic E-state index is 11.6. The van der Waals surface area contributed by atoms with E-state index in [-0.39, 0.29) is 5.92 Å². The highest BCUT2D eigenvalue weighted by atomic mass is 32.2. The first kappa shape index (κ1) is 24.5. The van der Waals surface area contributed by atoms with Gasteiger partial charge in [-0.15, -0.1) is 0 Å². The van der Waals surface area contributed by atoms with E-state index < -0.39 is 10.0 Å². The number of para-hydroxylation sites is 1. The molecule has 4 aromatic carbocycles. The fraction of sp³-hybridized carbons (Fsp3) is 0.133. The molecule has 0 radical (unpaired) electrons. The molecule has 0 bridgehead atoms. The van der Waals surface area contributed by atoms with Gasteiger partial charge >= 0.3 is 0 Å². The predicted molar refractivity (Wildman–Crippen MR) is 151 cm³/mol. The lowest BCUT2D eigenvalue weighted by Crippen LogP contribution is -2.15. The van der Waals surface area contributed by atoms with E-state index in [1.165, 1.54) is 11.1 Å². The molecule has 0 aliphatic rings. The van der Waals surface area contributed by atoms with Gasteiger partial charge in [0.15, 0.2) is 5.82 Å². The van der Waals surface area contributed by atoms with Crippen molar-refractivity contribution in [1.29, 1.82) is 0 Å². The van der Waals surface area contributed by atoms with Gasteiger partial charge in [-0.1, -0.05) is 72.8 Å². The molecule has 2 N–H and O–H groups in total. The van der Waals surface area contributed by atoms with Crippen molar-refractivity contribution in [1.82, 2.24) is 9.97 Å². The molecule has 0 spiro atoms. The number of aryl methyl sites for hydroxylation is 1. The van der Waals surface area contributed by atoms with Crippen molar-refractivity contribution >= 4 is 32.4 Å². The Morgan fingerprint density at radius 3 is 2.03 bits per heavy atom. The molecule has 5 aromatic rings. The Labute approximate surface area is 217 Å². The number of hydrogen-bond acceptors (Lipinski definition) is 5. The van der Waals surface area contributed by atoms with Crippen molar-refractivity contribution in [2.45, 2.75) is 12.8 Å². The first-order chi connectivity index (χ1) is 17.9. The molecular weight excluding hydrogens is 480 g/mol. The summed E-state index contributed by atoms with van der Waals surface area (Å²) < 4.78 is 25.8. The summed E-state index contributed by atoms with van der Waals surface area (Å²) in [7, 11) is -3.36. The Morgan fingerprint density at radius 1 is 0.784 bits per heavy atom. The largest absolute Gasteiger partial charge is 0.368 e. The topological polar surface area (TPSA) is 84.0 Å². The van der Waals surface area contributed by atoms with Crippen LogP contribution in [0.5, 0.6) is 0 Å². The van der Waals surface area contributed by atoms with Crippen molar-refractivity contribution in [2.75, 3.05) is 22.8 Å². The van der Waals surface area contributed by atoms with Gasteiger partial charge in [-0.25, -0.2) is 18.4 Å². The number of anilines is 2. The van der Waals surface area contributed by atoms with Crippen molar-refractivity contribution in [3.05, 3.63) is 120 Å². The van der Waals surface area contributed by atoms with Gasteiger partial charge in [0.05, 0.1) is 11.8 Å². The number of nitrogens with zero attached hydrogens (tertiary/aromatic N) is 2. The lowest BCUT2D eigenvalue weighted by Gasteiger charge is -2.20. The summed E-state index contributed by atoms with van der Waals surface area (Å²) in [4.78, 5) is 9.76. The van der Waals surface area contributed by atoms with Crippen LogP contribution in [0, 0.1) is 6.92 Å². The van der Waals surface area contributed by atoms with E-state index in [1.807, 2.05) is 49.4 Å². The van der Waals surface area contributed by atoms with Gasteiger partial charge in [0, 0.05) is 29.1 Å². The zero-order valence-electron chi connectivity index (χ0n) is 20.7. The molecule has 1 aromatic heterocycles. The second-order valence-corrected chi connectivity index (χ2v) is 10.8. The molecule has 0 unspecified atom stereocenters. The quantitative estimate of drug-likeness (QED) is 0.260. The maximum atomic E-state index is 11.6. The Hall–Kier alpha value is -4.23. The molecule has 1 heterocycles. The first-order valence-electron chi connectivity index (χ1n) is 12.1. The molecule has 0 saturated carbocycles. The minimum Gasteiger partial charge on any atom is -0.368 e. The Bertz CT molecular complexity index is 1600. The summed E-state index contributed by atoms with van der Waals surface area (Å²) in [5, 5.41) is 4.56. The van der Waals surface area contributed by atoms with Crippen LogP contribution in [0.1, 0.15) is 22.6 Å². The first-order valence-corrected chi connectivity index (χ1v) is 14.0. The van der Waals surface area contributed by atoms with Gasteiger partial charge in [-0.2, -0.15) is 0 Å². The number of sulfonamides is 1. The monoisotopic (exact) mass is 508 g/mol. The molecular formula is C30H28N4O2S. The van der Waals surface area contributed by atoms with Crippen molar-refractivity contribution < 1.29 is 8.42 Å². The van der Waals surface area contributed by atoms with Gasteiger partial charge in [0.2, 0.25) is 10.0 Å². The van der Waals surface area contributed by atoms with Crippen LogP contribution in [0.4, 0.5) is 11.5 Å². The van der Waals surface area contributed by atoms with Crippen LogP contribution in [0.15, 0.2) is 103 Å². The number of aromatic nitrogens is 2. The van der Waals surface area contributed by atoms with E-state index in [2.05, 4.69) is 58.6 Å². The normalized spacial score (nSPS) is 11.5.